The van der Waals surface area contributed by atoms with E-state index in [-0.39, 0.29) is 24.3 Å². The van der Waals surface area contributed by atoms with Gasteiger partial charge in [-0.3, -0.25) is 9.59 Å². The van der Waals surface area contributed by atoms with Crippen molar-refractivity contribution in [3.8, 4) is 0 Å². The summed E-state index contributed by atoms with van der Waals surface area (Å²) in [5, 5.41) is 0. The summed E-state index contributed by atoms with van der Waals surface area (Å²) in [7, 11) is 1.27. The van der Waals surface area contributed by atoms with Crippen LogP contribution in [0.3, 0.4) is 0 Å². The average Bonchev–Trinajstić information content (AvgIpc) is 2.43. The summed E-state index contributed by atoms with van der Waals surface area (Å²) < 4.78 is 4.70. The second-order valence-corrected chi connectivity index (χ2v) is 5.31. The van der Waals surface area contributed by atoms with E-state index in [1.807, 2.05) is 13.8 Å². The minimum atomic E-state index is -0.755. The number of nitrogens with two attached hydrogens (primary N) is 1. The number of rotatable bonds is 3. The van der Waals surface area contributed by atoms with Gasteiger partial charge >= 0.3 is 5.97 Å². The number of nitrogens with zero attached hydrogens (tertiary/aromatic N) is 2. The molecule has 0 aromatic heterocycles. The molecule has 0 unspecified atom stereocenters. The Balaban J connectivity index is 2.83. The molecule has 0 radical (unpaired) electrons. The molecule has 1 fully saturated rings. The third kappa shape index (κ3) is 3.47. The maximum Gasteiger partial charge on any atom is 0.330 e. The first kappa shape index (κ1) is 16.4. The summed E-state index contributed by atoms with van der Waals surface area (Å²) in [6.07, 6.45) is 0. The molecule has 0 aliphatic carbocycles. The topological polar surface area (TPSA) is 92.9 Å². The van der Waals surface area contributed by atoms with Crippen LogP contribution in [0.2, 0.25) is 0 Å². The molecule has 1 aliphatic rings. The van der Waals surface area contributed by atoms with Crippen LogP contribution in [-0.4, -0.2) is 66.4 Å². The summed E-state index contributed by atoms with van der Waals surface area (Å²) >= 11 is 0. The number of methoxy groups -OCH3 is 1. The largest absolute Gasteiger partial charge is 0.467 e. The minimum absolute atomic E-state index is 0.0184. The van der Waals surface area contributed by atoms with E-state index in [0.717, 1.165) is 0 Å². The van der Waals surface area contributed by atoms with Gasteiger partial charge in [-0.2, -0.15) is 0 Å². The zero-order valence-corrected chi connectivity index (χ0v) is 12.5. The summed E-state index contributed by atoms with van der Waals surface area (Å²) in [5.74, 6) is -0.904. The zero-order chi connectivity index (χ0) is 15.4. The number of hydrogen-bond acceptors (Lipinski definition) is 5. The van der Waals surface area contributed by atoms with Crippen molar-refractivity contribution in [3.63, 3.8) is 0 Å². The molecule has 0 bridgehead atoms. The monoisotopic (exact) mass is 285 g/mol. The molecule has 0 aromatic carbocycles. The third-order valence-corrected chi connectivity index (χ3v) is 3.57. The van der Waals surface area contributed by atoms with Gasteiger partial charge < -0.3 is 20.3 Å². The van der Waals surface area contributed by atoms with Crippen LogP contribution < -0.4 is 5.73 Å². The summed E-state index contributed by atoms with van der Waals surface area (Å²) in [4.78, 5) is 38.5. The number of carbonyl (C=O) groups excluding carboxylic acids is 3. The fourth-order valence-electron chi connectivity index (χ4n) is 2.19. The number of amides is 2. The van der Waals surface area contributed by atoms with E-state index in [9.17, 15) is 14.4 Å². The van der Waals surface area contributed by atoms with Gasteiger partial charge in [0, 0.05) is 20.0 Å². The lowest BCUT2D eigenvalue weighted by Gasteiger charge is -2.40. The molecule has 0 saturated carbocycles. The molecule has 7 heteroatoms. The number of carbonyl (C=O) groups is 3. The van der Waals surface area contributed by atoms with Crippen molar-refractivity contribution in [2.24, 2.45) is 11.7 Å². The molecule has 0 aromatic rings. The first-order chi connectivity index (χ1) is 9.29. The van der Waals surface area contributed by atoms with E-state index >= 15 is 0 Å². The van der Waals surface area contributed by atoms with E-state index < -0.39 is 18.1 Å². The Hall–Kier alpha value is -1.63. The van der Waals surface area contributed by atoms with Gasteiger partial charge in [-0.15, -0.1) is 0 Å². The highest BCUT2D eigenvalue weighted by molar-refractivity contribution is 5.86. The van der Waals surface area contributed by atoms with Crippen LogP contribution in [0.5, 0.6) is 0 Å². The van der Waals surface area contributed by atoms with Gasteiger partial charge in [0.1, 0.15) is 6.04 Å². The zero-order valence-electron chi connectivity index (χ0n) is 12.5. The molecule has 1 saturated heterocycles. The van der Waals surface area contributed by atoms with Crippen molar-refractivity contribution >= 4 is 17.8 Å². The molecule has 1 rings (SSSR count). The van der Waals surface area contributed by atoms with Gasteiger partial charge in [0.15, 0.2) is 0 Å². The molecular formula is C13H23N3O4. The smallest absolute Gasteiger partial charge is 0.330 e. The molecule has 0 spiro atoms. The fourth-order valence-corrected chi connectivity index (χ4v) is 2.19. The Kier molecular flexibility index (Phi) is 5.50. The van der Waals surface area contributed by atoms with Crippen molar-refractivity contribution < 1.29 is 19.1 Å². The first-order valence-electron chi connectivity index (χ1n) is 6.69. The van der Waals surface area contributed by atoms with Crippen molar-refractivity contribution in [2.75, 3.05) is 26.7 Å². The van der Waals surface area contributed by atoms with Crippen LogP contribution in [0.25, 0.3) is 0 Å². The number of ether oxygens (including phenoxy) is 1. The minimum Gasteiger partial charge on any atom is -0.467 e. The third-order valence-electron chi connectivity index (χ3n) is 3.57. The summed E-state index contributed by atoms with van der Waals surface area (Å²) in [6.45, 7) is 5.95. The van der Waals surface area contributed by atoms with Crippen LogP contribution in [0.4, 0.5) is 0 Å². The molecule has 2 N–H and O–H groups in total. The molecular weight excluding hydrogens is 262 g/mol. The fraction of sp³-hybridized carbons (Fsp3) is 0.769. The van der Waals surface area contributed by atoms with Crippen molar-refractivity contribution in [1.29, 1.82) is 0 Å². The van der Waals surface area contributed by atoms with Gasteiger partial charge in [0.05, 0.1) is 19.7 Å². The number of hydrogen-bond donors (Lipinski definition) is 1. The van der Waals surface area contributed by atoms with Crippen LogP contribution in [0, 0.1) is 5.92 Å². The molecule has 2 atom stereocenters. The van der Waals surface area contributed by atoms with Gasteiger partial charge in [0.25, 0.3) is 0 Å². The quantitative estimate of drug-likeness (QED) is 0.685. The van der Waals surface area contributed by atoms with Crippen molar-refractivity contribution in [1.82, 2.24) is 9.80 Å². The summed E-state index contributed by atoms with van der Waals surface area (Å²) in [5.41, 5.74) is 5.85. The van der Waals surface area contributed by atoms with Crippen LogP contribution in [-0.2, 0) is 19.1 Å². The molecule has 7 nitrogen and oxygen atoms in total. The predicted molar refractivity (Wildman–Crippen MR) is 72.6 cm³/mol. The van der Waals surface area contributed by atoms with E-state index in [2.05, 4.69) is 0 Å². The standard InChI is InChI=1S/C13H23N3O4/c1-8(2)11(14)12(18)15-5-6-16(9(3)17)10(7-15)13(19)20-4/h8,10-11H,5-7,14H2,1-4H3/t10-,11+/m1/s1. The van der Waals surface area contributed by atoms with Crippen LogP contribution >= 0.6 is 0 Å². The molecule has 20 heavy (non-hydrogen) atoms. The number of piperazine rings is 1. The highest BCUT2D eigenvalue weighted by Gasteiger charge is 2.37. The molecule has 114 valence electrons. The van der Waals surface area contributed by atoms with Crippen molar-refractivity contribution in [2.45, 2.75) is 32.9 Å². The second-order valence-electron chi connectivity index (χ2n) is 5.31. The Morgan fingerprint density at radius 1 is 1.25 bits per heavy atom. The maximum atomic E-state index is 12.2. The van der Waals surface area contributed by atoms with E-state index in [0.29, 0.717) is 13.1 Å². The SMILES string of the molecule is COC(=O)[C@H]1CN(C(=O)[C@@H](N)C(C)C)CCN1C(C)=O. The Morgan fingerprint density at radius 3 is 2.30 bits per heavy atom. The van der Waals surface area contributed by atoms with Gasteiger partial charge in [-0.25, -0.2) is 4.79 Å². The van der Waals surface area contributed by atoms with Gasteiger partial charge in [0.2, 0.25) is 11.8 Å². The maximum absolute atomic E-state index is 12.2. The second kappa shape index (κ2) is 6.69. The van der Waals surface area contributed by atoms with Gasteiger partial charge in [-0.05, 0) is 5.92 Å². The normalized spacial score (nSPS) is 20.8. The van der Waals surface area contributed by atoms with Crippen LogP contribution in [0.15, 0.2) is 0 Å². The first-order valence-corrected chi connectivity index (χ1v) is 6.69. The van der Waals surface area contributed by atoms with E-state index in [4.69, 9.17) is 10.5 Å². The summed E-state index contributed by atoms with van der Waals surface area (Å²) in [6, 6.07) is -1.35. The van der Waals surface area contributed by atoms with E-state index in [1.165, 1.54) is 23.8 Å². The average molecular weight is 285 g/mol. The lowest BCUT2D eigenvalue weighted by molar-refractivity contribution is -0.158. The Bertz CT molecular complexity index is 397. The Morgan fingerprint density at radius 2 is 1.85 bits per heavy atom. The van der Waals surface area contributed by atoms with Gasteiger partial charge in [-0.1, -0.05) is 13.8 Å². The Labute approximate surface area is 119 Å². The lowest BCUT2D eigenvalue weighted by Crippen LogP contribution is -2.61. The van der Waals surface area contributed by atoms with Crippen LogP contribution in [0.1, 0.15) is 20.8 Å². The molecule has 1 heterocycles. The highest BCUT2D eigenvalue weighted by atomic mass is 16.5. The lowest BCUT2D eigenvalue weighted by atomic mass is 10.0. The molecule has 1 aliphatic heterocycles. The number of esters is 1. The van der Waals surface area contributed by atoms with E-state index in [1.54, 1.807) is 0 Å². The highest BCUT2D eigenvalue weighted by Crippen LogP contribution is 2.14. The van der Waals surface area contributed by atoms with Crippen molar-refractivity contribution in [3.05, 3.63) is 0 Å². The molecule has 2 amide bonds. The predicted octanol–water partition coefficient (Wildman–Crippen LogP) is -0.798.